The van der Waals surface area contributed by atoms with E-state index < -0.39 is 6.61 Å². The van der Waals surface area contributed by atoms with Crippen LogP contribution < -0.4 is 10.1 Å². The third-order valence-electron chi connectivity index (χ3n) is 5.86. The van der Waals surface area contributed by atoms with E-state index in [9.17, 15) is 18.4 Å². The Bertz CT molecular complexity index is 683. The van der Waals surface area contributed by atoms with Gasteiger partial charge in [-0.05, 0) is 56.5 Å². The lowest BCUT2D eigenvalue weighted by molar-refractivity contribution is -0.137. The minimum absolute atomic E-state index is 0.0800. The Kier molecular flexibility index (Phi) is 8.42. The summed E-state index contributed by atoms with van der Waals surface area (Å²) in [7, 11) is 0. The zero-order chi connectivity index (χ0) is 21.3. The summed E-state index contributed by atoms with van der Waals surface area (Å²) in [6.45, 7) is 1.05. The molecule has 0 atom stereocenters. The molecule has 166 valence electrons. The highest BCUT2D eigenvalue weighted by Crippen LogP contribution is 2.21. The van der Waals surface area contributed by atoms with Gasteiger partial charge in [0.25, 0.3) is 0 Å². The van der Waals surface area contributed by atoms with Crippen molar-refractivity contribution in [1.29, 1.82) is 0 Å². The van der Waals surface area contributed by atoms with E-state index in [0.29, 0.717) is 19.0 Å². The van der Waals surface area contributed by atoms with Crippen LogP contribution in [0.3, 0.4) is 0 Å². The second-order valence-corrected chi connectivity index (χ2v) is 8.09. The van der Waals surface area contributed by atoms with Gasteiger partial charge in [-0.15, -0.1) is 0 Å². The molecule has 0 aliphatic carbocycles. The molecule has 0 aromatic heterocycles. The number of piperidine rings is 1. The van der Waals surface area contributed by atoms with Gasteiger partial charge in [0.2, 0.25) is 11.8 Å². The van der Waals surface area contributed by atoms with Crippen molar-refractivity contribution < 1.29 is 23.1 Å². The SMILES string of the molecule is O=C(CN1CCC(C(=O)N2CCCCCC2)CC1)NCc1ccc(OC(F)F)cc1. The Morgan fingerprint density at radius 1 is 1.00 bits per heavy atom. The van der Waals surface area contributed by atoms with Crippen LogP contribution in [-0.2, 0) is 16.1 Å². The van der Waals surface area contributed by atoms with Gasteiger partial charge in [0.15, 0.2) is 0 Å². The van der Waals surface area contributed by atoms with Gasteiger partial charge in [0, 0.05) is 25.6 Å². The van der Waals surface area contributed by atoms with Crippen LogP contribution in [0.1, 0.15) is 44.1 Å². The fourth-order valence-electron chi connectivity index (χ4n) is 4.14. The van der Waals surface area contributed by atoms with Gasteiger partial charge in [-0.25, -0.2) is 0 Å². The molecule has 0 saturated carbocycles. The molecule has 0 bridgehead atoms. The number of nitrogens with one attached hydrogen (secondary N) is 1. The maximum absolute atomic E-state index is 12.8. The van der Waals surface area contributed by atoms with Gasteiger partial charge in [0.1, 0.15) is 5.75 Å². The highest BCUT2D eigenvalue weighted by molar-refractivity contribution is 5.79. The van der Waals surface area contributed by atoms with Gasteiger partial charge in [-0.3, -0.25) is 14.5 Å². The monoisotopic (exact) mass is 423 g/mol. The Morgan fingerprint density at radius 3 is 2.23 bits per heavy atom. The average Bonchev–Trinajstić information content (AvgIpc) is 3.02. The number of amides is 2. The van der Waals surface area contributed by atoms with Crippen molar-refractivity contribution in [1.82, 2.24) is 15.1 Å². The van der Waals surface area contributed by atoms with Crippen LogP contribution in [0.4, 0.5) is 8.78 Å². The number of halogens is 2. The number of hydrogen-bond acceptors (Lipinski definition) is 4. The molecule has 2 aliphatic rings. The van der Waals surface area contributed by atoms with Crippen molar-refractivity contribution in [2.45, 2.75) is 51.7 Å². The first-order chi connectivity index (χ1) is 14.5. The number of nitrogens with zero attached hydrogens (tertiary/aromatic N) is 2. The third kappa shape index (κ3) is 6.93. The summed E-state index contributed by atoms with van der Waals surface area (Å²) in [5, 5.41) is 2.85. The maximum Gasteiger partial charge on any atom is 0.387 e. The lowest BCUT2D eigenvalue weighted by Crippen LogP contribution is -2.45. The molecule has 2 aliphatic heterocycles. The second kappa shape index (κ2) is 11.2. The summed E-state index contributed by atoms with van der Waals surface area (Å²) in [5.74, 6) is 0.384. The number of alkyl halides is 2. The van der Waals surface area contributed by atoms with E-state index in [0.717, 1.165) is 57.4 Å². The predicted octanol–water partition coefficient (Wildman–Crippen LogP) is 3.02. The van der Waals surface area contributed by atoms with Gasteiger partial charge in [-0.1, -0.05) is 25.0 Å². The van der Waals surface area contributed by atoms with E-state index in [1.165, 1.54) is 25.0 Å². The Hall–Kier alpha value is -2.22. The Balaban J connectivity index is 1.36. The Labute approximate surface area is 176 Å². The minimum atomic E-state index is -2.85. The molecule has 1 aromatic rings. The van der Waals surface area contributed by atoms with Crippen molar-refractivity contribution >= 4 is 11.8 Å². The average molecular weight is 424 g/mol. The van der Waals surface area contributed by atoms with Crippen LogP contribution in [0.5, 0.6) is 5.75 Å². The van der Waals surface area contributed by atoms with Gasteiger partial charge in [0.05, 0.1) is 6.54 Å². The summed E-state index contributed by atoms with van der Waals surface area (Å²) in [6, 6.07) is 6.22. The highest BCUT2D eigenvalue weighted by atomic mass is 19.3. The van der Waals surface area contributed by atoms with E-state index in [1.54, 1.807) is 12.1 Å². The van der Waals surface area contributed by atoms with Crippen molar-refractivity contribution in [2.24, 2.45) is 5.92 Å². The minimum Gasteiger partial charge on any atom is -0.435 e. The van der Waals surface area contributed by atoms with Crippen LogP contribution in [0.15, 0.2) is 24.3 Å². The lowest BCUT2D eigenvalue weighted by Gasteiger charge is -2.33. The van der Waals surface area contributed by atoms with Crippen molar-refractivity contribution in [2.75, 3.05) is 32.7 Å². The number of ether oxygens (including phenoxy) is 1. The molecule has 2 amide bonds. The molecule has 0 radical (unpaired) electrons. The highest BCUT2D eigenvalue weighted by Gasteiger charge is 2.29. The zero-order valence-electron chi connectivity index (χ0n) is 17.3. The van der Waals surface area contributed by atoms with Crippen LogP contribution in [0, 0.1) is 5.92 Å². The number of hydrogen-bond donors (Lipinski definition) is 1. The predicted molar refractivity (Wildman–Crippen MR) is 109 cm³/mol. The molecule has 6 nitrogen and oxygen atoms in total. The normalized spacial score (nSPS) is 18.8. The fourth-order valence-corrected chi connectivity index (χ4v) is 4.14. The smallest absolute Gasteiger partial charge is 0.387 e. The largest absolute Gasteiger partial charge is 0.435 e. The molecule has 2 saturated heterocycles. The second-order valence-electron chi connectivity index (χ2n) is 8.09. The first-order valence-corrected chi connectivity index (χ1v) is 10.8. The van der Waals surface area contributed by atoms with E-state index >= 15 is 0 Å². The molecule has 2 fully saturated rings. The summed E-state index contributed by atoms with van der Waals surface area (Å²) in [4.78, 5) is 29.1. The topological polar surface area (TPSA) is 61.9 Å². The number of carbonyl (C=O) groups is 2. The maximum atomic E-state index is 12.8. The molecule has 0 unspecified atom stereocenters. The molecule has 8 heteroatoms. The van der Waals surface area contributed by atoms with Crippen molar-refractivity contribution in [3.63, 3.8) is 0 Å². The van der Waals surface area contributed by atoms with E-state index in [4.69, 9.17) is 0 Å². The Morgan fingerprint density at radius 2 is 1.63 bits per heavy atom. The van der Waals surface area contributed by atoms with Gasteiger partial charge >= 0.3 is 6.61 Å². The number of carbonyl (C=O) groups excluding carboxylic acids is 2. The van der Waals surface area contributed by atoms with Crippen LogP contribution in [0.25, 0.3) is 0 Å². The summed E-state index contributed by atoms with van der Waals surface area (Å²) in [5.41, 5.74) is 0.812. The van der Waals surface area contributed by atoms with Crippen LogP contribution in [0.2, 0.25) is 0 Å². The number of likely N-dealkylation sites (tertiary alicyclic amines) is 2. The van der Waals surface area contributed by atoms with Crippen LogP contribution >= 0.6 is 0 Å². The standard InChI is InChI=1S/C22H31F2N3O3/c23-22(24)30-19-7-5-17(6-8-19)15-25-20(28)16-26-13-9-18(10-14-26)21(29)27-11-3-1-2-4-12-27/h5-8,18,22H,1-4,9-16H2,(H,25,28). The first-order valence-electron chi connectivity index (χ1n) is 10.8. The van der Waals surface area contributed by atoms with Crippen LogP contribution in [-0.4, -0.2) is 60.9 Å². The molecular weight excluding hydrogens is 392 g/mol. The van der Waals surface area contributed by atoms with E-state index in [2.05, 4.69) is 15.0 Å². The zero-order valence-corrected chi connectivity index (χ0v) is 17.3. The summed E-state index contributed by atoms with van der Waals surface area (Å²) < 4.78 is 28.7. The molecule has 1 N–H and O–H groups in total. The lowest BCUT2D eigenvalue weighted by atomic mass is 9.95. The van der Waals surface area contributed by atoms with E-state index in [-0.39, 0.29) is 17.6 Å². The van der Waals surface area contributed by atoms with Crippen molar-refractivity contribution in [3.8, 4) is 5.75 Å². The third-order valence-corrected chi connectivity index (χ3v) is 5.86. The quantitative estimate of drug-likeness (QED) is 0.732. The number of benzene rings is 1. The van der Waals surface area contributed by atoms with Gasteiger partial charge in [-0.2, -0.15) is 8.78 Å². The molecule has 0 spiro atoms. The summed E-state index contributed by atoms with van der Waals surface area (Å²) in [6.07, 6.45) is 6.23. The number of rotatable bonds is 7. The molecule has 30 heavy (non-hydrogen) atoms. The summed E-state index contributed by atoms with van der Waals surface area (Å²) >= 11 is 0. The molecule has 1 aromatic carbocycles. The van der Waals surface area contributed by atoms with Gasteiger partial charge < -0.3 is 15.0 Å². The molecule has 2 heterocycles. The molecule has 3 rings (SSSR count). The van der Waals surface area contributed by atoms with Crippen molar-refractivity contribution in [3.05, 3.63) is 29.8 Å². The fraction of sp³-hybridized carbons (Fsp3) is 0.636. The molecular formula is C22H31F2N3O3. The van der Waals surface area contributed by atoms with E-state index in [1.807, 2.05) is 4.90 Å². The first kappa shape index (κ1) is 22.5.